The Bertz CT molecular complexity index is 815. The van der Waals surface area contributed by atoms with Gasteiger partial charge in [-0.05, 0) is 50.8 Å². The predicted octanol–water partition coefficient (Wildman–Crippen LogP) is 4.01. The Kier molecular flexibility index (Phi) is 11.3. The van der Waals surface area contributed by atoms with Crippen molar-refractivity contribution in [1.29, 1.82) is 0 Å². The van der Waals surface area contributed by atoms with E-state index in [-0.39, 0.29) is 30.0 Å². The van der Waals surface area contributed by atoms with Crippen molar-refractivity contribution >= 4 is 35.6 Å². The second kappa shape index (κ2) is 13.2. The molecule has 0 saturated heterocycles. The molecular formula is C22H33IN4O3. The SMILES string of the molecule is CCOc1cc(NC(=NC)NCC(c2cccc(OC)c2)N(C)C)ccc1OC.I. The highest BCUT2D eigenvalue weighted by molar-refractivity contribution is 14.0. The lowest BCUT2D eigenvalue weighted by atomic mass is 10.1. The molecule has 0 radical (unpaired) electrons. The zero-order valence-electron chi connectivity index (χ0n) is 18.6. The van der Waals surface area contributed by atoms with Crippen LogP contribution in [-0.2, 0) is 0 Å². The van der Waals surface area contributed by atoms with Gasteiger partial charge in [0.2, 0.25) is 0 Å². The van der Waals surface area contributed by atoms with Crippen molar-refractivity contribution in [2.24, 2.45) is 4.99 Å². The van der Waals surface area contributed by atoms with Gasteiger partial charge in [0.1, 0.15) is 5.75 Å². The van der Waals surface area contributed by atoms with E-state index in [4.69, 9.17) is 14.2 Å². The highest BCUT2D eigenvalue weighted by Crippen LogP contribution is 2.30. The minimum Gasteiger partial charge on any atom is -0.497 e. The molecule has 0 bridgehead atoms. The number of aliphatic imine (C=N–C) groups is 1. The number of nitrogens with one attached hydrogen (secondary N) is 2. The lowest BCUT2D eigenvalue weighted by Gasteiger charge is -2.26. The summed E-state index contributed by atoms with van der Waals surface area (Å²) < 4.78 is 16.4. The lowest BCUT2D eigenvalue weighted by Crippen LogP contribution is -2.38. The molecule has 2 aromatic rings. The molecule has 1 atom stereocenters. The van der Waals surface area contributed by atoms with Gasteiger partial charge in [-0.1, -0.05) is 12.1 Å². The number of nitrogens with zero attached hydrogens (tertiary/aromatic N) is 2. The Morgan fingerprint density at radius 2 is 1.83 bits per heavy atom. The standard InChI is InChI=1S/C22H32N4O3.HI/c1-7-29-21-14-17(11-12-20(21)28-6)25-22(23-2)24-15-19(26(3)4)16-9-8-10-18(13-16)27-5;/h8-14,19H,7,15H2,1-6H3,(H2,23,24,25);1H. The maximum absolute atomic E-state index is 5.65. The number of hydrogen-bond donors (Lipinski definition) is 2. The summed E-state index contributed by atoms with van der Waals surface area (Å²) in [4.78, 5) is 6.50. The Labute approximate surface area is 196 Å². The van der Waals surface area contributed by atoms with Crippen LogP contribution >= 0.6 is 24.0 Å². The number of halogens is 1. The molecule has 0 amide bonds. The summed E-state index contributed by atoms with van der Waals surface area (Å²) in [6.07, 6.45) is 0. The van der Waals surface area contributed by atoms with Crippen LogP contribution in [0.25, 0.3) is 0 Å². The van der Waals surface area contributed by atoms with Gasteiger partial charge in [0.15, 0.2) is 17.5 Å². The molecule has 0 heterocycles. The molecule has 0 spiro atoms. The van der Waals surface area contributed by atoms with E-state index in [1.165, 1.54) is 5.56 Å². The molecule has 0 saturated carbocycles. The van der Waals surface area contributed by atoms with Crippen LogP contribution in [0.5, 0.6) is 17.2 Å². The number of guanidine groups is 1. The summed E-state index contributed by atoms with van der Waals surface area (Å²) in [7, 11) is 9.17. The largest absolute Gasteiger partial charge is 0.497 e. The first kappa shape index (κ1) is 25.8. The summed E-state index contributed by atoms with van der Waals surface area (Å²) >= 11 is 0. The number of methoxy groups -OCH3 is 2. The first-order valence-corrected chi connectivity index (χ1v) is 9.61. The first-order chi connectivity index (χ1) is 14.0. The van der Waals surface area contributed by atoms with E-state index in [9.17, 15) is 0 Å². The molecule has 0 aliphatic rings. The highest BCUT2D eigenvalue weighted by atomic mass is 127. The minimum atomic E-state index is 0. The quantitative estimate of drug-likeness (QED) is 0.291. The summed E-state index contributed by atoms with van der Waals surface area (Å²) in [5.74, 6) is 2.91. The number of anilines is 1. The molecule has 0 aromatic heterocycles. The number of likely N-dealkylation sites (N-methyl/N-ethyl adjacent to an activating group) is 1. The zero-order chi connectivity index (χ0) is 21.2. The van der Waals surface area contributed by atoms with Gasteiger partial charge in [0, 0.05) is 25.3 Å². The van der Waals surface area contributed by atoms with Gasteiger partial charge >= 0.3 is 0 Å². The number of rotatable bonds is 9. The van der Waals surface area contributed by atoms with Crippen molar-refractivity contribution in [2.75, 3.05) is 53.8 Å². The molecule has 0 aliphatic heterocycles. The van der Waals surface area contributed by atoms with Crippen molar-refractivity contribution in [2.45, 2.75) is 13.0 Å². The molecule has 0 fully saturated rings. The molecule has 30 heavy (non-hydrogen) atoms. The Morgan fingerprint density at radius 1 is 1.07 bits per heavy atom. The number of ether oxygens (including phenoxy) is 3. The van der Waals surface area contributed by atoms with Gasteiger partial charge in [0.25, 0.3) is 0 Å². The van der Waals surface area contributed by atoms with Crippen molar-refractivity contribution in [3.63, 3.8) is 0 Å². The molecule has 2 rings (SSSR count). The molecular weight excluding hydrogens is 495 g/mol. The Morgan fingerprint density at radius 3 is 2.43 bits per heavy atom. The van der Waals surface area contributed by atoms with Crippen LogP contribution in [0.15, 0.2) is 47.5 Å². The van der Waals surface area contributed by atoms with E-state index in [1.54, 1.807) is 21.3 Å². The minimum absolute atomic E-state index is 0. The molecule has 2 aromatic carbocycles. The second-order valence-corrected chi connectivity index (χ2v) is 6.63. The number of hydrogen-bond acceptors (Lipinski definition) is 5. The fourth-order valence-electron chi connectivity index (χ4n) is 2.98. The fourth-order valence-corrected chi connectivity index (χ4v) is 2.98. The lowest BCUT2D eigenvalue weighted by molar-refractivity contribution is 0.297. The Balaban J connectivity index is 0.00000450. The molecule has 8 heteroatoms. The van der Waals surface area contributed by atoms with Crippen LogP contribution in [0.4, 0.5) is 5.69 Å². The zero-order valence-corrected chi connectivity index (χ0v) is 20.9. The van der Waals surface area contributed by atoms with E-state index in [0.717, 1.165) is 11.4 Å². The van der Waals surface area contributed by atoms with E-state index in [1.807, 2.05) is 37.3 Å². The third kappa shape index (κ3) is 7.24. The fraction of sp³-hybridized carbons (Fsp3) is 0.409. The van der Waals surface area contributed by atoms with Crippen LogP contribution in [0, 0.1) is 0 Å². The average Bonchev–Trinajstić information content (AvgIpc) is 2.73. The van der Waals surface area contributed by atoms with Gasteiger partial charge < -0.3 is 29.7 Å². The molecule has 2 N–H and O–H groups in total. The van der Waals surface area contributed by atoms with Crippen molar-refractivity contribution in [1.82, 2.24) is 10.2 Å². The van der Waals surface area contributed by atoms with Crippen molar-refractivity contribution in [3.05, 3.63) is 48.0 Å². The van der Waals surface area contributed by atoms with Crippen LogP contribution in [0.1, 0.15) is 18.5 Å². The first-order valence-electron chi connectivity index (χ1n) is 9.61. The summed E-state index contributed by atoms with van der Waals surface area (Å²) in [5.41, 5.74) is 2.03. The maximum Gasteiger partial charge on any atom is 0.195 e. The van der Waals surface area contributed by atoms with E-state index < -0.39 is 0 Å². The van der Waals surface area contributed by atoms with Gasteiger partial charge in [-0.2, -0.15) is 0 Å². The maximum atomic E-state index is 5.65. The Hall–Kier alpha value is -2.20. The van der Waals surface area contributed by atoms with Crippen LogP contribution < -0.4 is 24.8 Å². The van der Waals surface area contributed by atoms with Gasteiger partial charge in [0.05, 0.1) is 26.9 Å². The summed E-state index contributed by atoms with van der Waals surface area (Å²) in [6, 6.07) is 14.0. The average molecular weight is 528 g/mol. The van der Waals surface area contributed by atoms with Crippen LogP contribution in [-0.4, -0.2) is 59.4 Å². The van der Waals surface area contributed by atoms with Crippen LogP contribution in [0.2, 0.25) is 0 Å². The van der Waals surface area contributed by atoms with Gasteiger partial charge in [-0.25, -0.2) is 0 Å². The second-order valence-electron chi connectivity index (χ2n) is 6.63. The highest BCUT2D eigenvalue weighted by Gasteiger charge is 2.16. The molecule has 1 unspecified atom stereocenters. The molecule has 166 valence electrons. The molecule has 0 aliphatic carbocycles. The summed E-state index contributed by atoms with van der Waals surface area (Å²) in [5, 5.41) is 6.71. The normalized spacial score (nSPS) is 12.0. The monoisotopic (exact) mass is 528 g/mol. The molecule has 7 nitrogen and oxygen atoms in total. The summed E-state index contributed by atoms with van der Waals surface area (Å²) in [6.45, 7) is 3.19. The topological polar surface area (TPSA) is 67.3 Å². The van der Waals surface area contributed by atoms with Gasteiger partial charge in [-0.15, -0.1) is 24.0 Å². The third-order valence-electron chi connectivity index (χ3n) is 4.51. The van der Waals surface area contributed by atoms with Crippen LogP contribution in [0.3, 0.4) is 0 Å². The number of benzene rings is 2. The van der Waals surface area contributed by atoms with Crippen molar-refractivity contribution in [3.8, 4) is 17.2 Å². The smallest absolute Gasteiger partial charge is 0.195 e. The van der Waals surface area contributed by atoms with Gasteiger partial charge in [-0.3, -0.25) is 4.99 Å². The van der Waals surface area contributed by atoms with Crippen molar-refractivity contribution < 1.29 is 14.2 Å². The predicted molar refractivity (Wildman–Crippen MR) is 134 cm³/mol. The third-order valence-corrected chi connectivity index (χ3v) is 4.51. The van der Waals surface area contributed by atoms with E-state index in [2.05, 4.69) is 46.8 Å². The van der Waals surface area contributed by atoms with E-state index in [0.29, 0.717) is 30.6 Å². The van der Waals surface area contributed by atoms with E-state index >= 15 is 0 Å².